The molecule has 1 saturated heterocycles. The molecule has 9 nitrogen and oxygen atoms in total. The van der Waals surface area contributed by atoms with E-state index in [0.717, 1.165) is 27.8 Å². The molecule has 2 aromatic rings. The van der Waals surface area contributed by atoms with E-state index in [1.165, 1.54) is 13.2 Å². The lowest BCUT2D eigenvalue weighted by Gasteiger charge is -2.14. The van der Waals surface area contributed by atoms with Gasteiger partial charge < -0.3 is 19.5 Å². The number of methoxy groups -OCH3 is 1. The first kappa shape index (κ1) is 27.3. The number of esters is 1. The highest BCUT2D eigenvalue weighted by atomic mass is 79.9. The molecule has 0 unspecified atom stereocenters. The van der Waals surface area contributed by atoms with Crippen LogP contribution in [0.15, 0.2) is 39.7 Å². The van der Waals surface area contributed by atoms with Crippen LogP contribution in [0.1, 0.15) is 23.6 Å². The molecule has 0 aromatic heterocycles. The lowest BCUT2D eigenvalue weighted by molar-refractivity contribution is -0.143. The maximum absolute atomic E-state index is 12.9. The molecule has 1 aliphatic heterocycles. The summed E-state index contributed by atoms with van der Waals surface area (Å²) in [6.45, 7) is 5.18. The summed E-state index contributed by atoms with van der Waals surface area (Å²) in [4.78, 5) is 50.5. The number of nitrogens with one attached hydrogen (secondary N) is 1. The topological polar surface area (TPSA) is 111 Å². The molecule has 1 fully saturated rings. The summed E-state index contributed by atoms with van der Waals surface area (Å²) in [6, 6.07) is 8.93. The zero-order valence-corrected chi connectivity index (χ0v) is 22.6. The van der Waals surface area contributed by atoms with Gasteiger partial charge in [-0.15, -0.1) is 0 Å². The monoisotopic (exact) mass is 576 g/mol. The molecule has 190 valence electrons. The number of halogens is 1. The second-order valence-corrected chi connectivity index (χ2v) is 9.61. The molecule has 3 amide bonds. The van der Waals surface area contributed by atoms with Crippen LogP contribution in [-0.2, 0) is 19.1 Å². The summed E-state index contributed by atoms with van der Waals surface area (Å²) in [7, 11) is 1.26. The first-order chi connectivity index (χ1) is 17.1. The second kappa shape index (κ2) is 12.1. The highest BCUT2D eigenvalue weighted by Crippen LogP contribution is 2.39. The molecular formula is C25H25BrN2O7S. The minimum absolute atomic E-state index is 0.164. The van der Waals surface area contributed by atoms with E-state index in [1.807, 2.05) is 32.0 Å². The minimum Gasteiger partial charge on any atom is -0.490 e. The van der Waals surface area contributed by atoms with E-state index < -0.39 is 29.6 Å². The van der Waals surface area contributed by atoms with Crippen LogP contribution in [-0.4, -0.2) is 54.8 Å². The molecule has 2 aromatic carbocycles. The average Bonchev–Trinajstić information content (AvgIpc) is 3.08. The van der Waals surface area contributed by atoms with Gasteiger partial charge in [-0.1, -0.05) is 12.1 Å². The lowest BCUT2D eigenvalue weighted by atomic mass is 10.1. The number of carbonyl (C=O) groups is 4. The van der Waals surface area contributed by atoms with Gasteiger partial charge in [0.25, 0.3) is 11.1 Å². The van der Waals surface area contributed by atoms with E-state index in [0.29, 0.717) is 33.8 Å². The zero-order valence-electron chi connectivity index (χ0n) is 20.2. The average molecular weight is 577 g/mol. The Kier molecular flexibility index (Phi) is 9.16. The summed E-state index contributed by atoms with van der Waals surface area (Å²) in [5, 5.41) is 2.22. The van der Waals surface area contributed by atoms with E-state index in [4.69, 9.17) is 9.47 Å². The third-order valence-electron chi connectivity index (χ3n) is 5.03. The Bertz CT molecular complexity index is 1250. The zero-order chi connectivity index (χ0) is 26.4. The van der Waals surface area contributed by atoms with Crippen molar-refractivity contribution >= 4 is 62.5 Å². The highest BCUT2D eigenvalue weighted by Gasteiger charge is 2.36. The van der Waals surface area contributed by atoms with Crippen molar-refractivity contribution in [1.82, 2.24) is 4.90 Å². The minimum atomic E-state index is -0.568. The van der Waals surface area contributed by atoms with Crippen LogP contribution in [0.2, 0.25) is 0 Å². The van der Waals surface area contributed by atoms with Crippen LogP contribution in [0.4, 0.5) is 10.5 Å². The van der Waals surface area contributed by atoms with E-state index >= 15 is 0 Å². The van der Waals surface area contributed by atoms with Crippen molar-refractivity contribution in [1.29, 1.82) is 0 Å². The second-order valence-electron chi connectivity index (χ2n) is 7.76. The number of nitrogens with zero attached hydrogens (tertiary/aromatic N) is 1. The molecule has 11 heteroatoms. The molecule has 0 spiro atoms. The maximum atomic E-state index is 12.9. The van der Waals surface area contributed by atoms with Crippen LogP contribution >= 0.6 is 27.7 Å². The SMILES string of the molecule is CCOc1cc(/C=C2\SC(=O)N(CC(=O)Nc3cc(C)ccc3C)C2=O)cc(Br)c1OCC(=O)OC. The number of rotatable bonds is 9. The predicted molar refractivity (Wildman–Crippen MR) is 140 cm³/mol. The van der Waals surface area contributed by atoms with E-state index in [-0.39, 0.29) is 11.5 Å². The smallest absolute Gasteiger partial charge is 0.343 e. The number of benzene rings is 2. The van der Waals surface area contributed by atoms with Gasteiger partial charge in [0, 0.05) is 5.69 Å². The van der Waals surface area contributed by atoms with Crippen LogP contribution in [0.3, 0.4) is 0 Å². The number of thioether (sulfide) groups is 1. The van der Waals surface area contributed by atoms with Gasteiger partial charge >= 0.3 is 5.97 Å². The number of ether oxygens (including phenoxy) is 3. The van der Waals surface area contributed by atoms with E-state index in [1.54, 1.807) is 19.1 Å². The van der Waals surface area contributed by atoms with Crippen LogP contribution in [0, 0.1) is 13.8 Å². The number of hydrogen-bond acceptors (Lipinski definition) is 8. The van der Waals surface area contributed by atoms with Gasteiger partial charge in [0.2, 0.25) is 5.91 Å². The Morgan fingerprint density at radius 1 is 1.14 bits per heavy atom. The Hall–Kier alpha value is -3.31. The normalized spacial score (nSPS) is 14.2. The van der Waals surface area contributed by atoms with Gasteiger partial charge in [-0.05, 0) is 89.4 Å². The summed E-state index contributed by atoms with van der Waals surface area (Å²) >= 11 is 4.14. The predicted octanol–water partition coefficient (Wildman–Crippen LogP) is 4.69. The molecule has 1 N–H and O–H groups in total. The van der Waals surface area contributed by atoms with Gasteiger partial charge in [-0.25, -0.2) is 4.79 Å². The molecule has 0 aliphatic carbocycles. The number of amides is 3. The maximum Gasteiger partial charge on any atom is 0.343 e. The number of carbonyl (C=O) groups excluding carboxylic acids is 4. The van der Waals surface area contributed by atoms with Crippen molar-refractivity contribution in [2.45, 2.75) is 20.8 Å². The first-order valence-electron chi connectivity index (χ1n) is 10.9. The number of anilines is 1. The van der Waals surface area contributed by atoms with Gasteiger partial charge in [-0.3, -0.25) is 19.3 Å². The molecular weight excluding hydrogens is 552 g/mol. The Morgan fingerprint density at radius 2 is 1.89 bits per heavy atom. The Labute approximate surface area is 221 Å². The quantitative estimate of drug-likeness (QED) is 0.338. The van der Waals surface area contributed by atoms with Gasteiger partial charge in [-0.2, -0.15) is 0 Å². The van der Waals surface area contributed by atoms with Crippen molar-refractivity contribution < 1.29 is 33.4 Å². The largest absolute Gasteiger partial charge is 0.490 e. The lowest BCUT2D eigenvalue weighted by Crippen LogP contribution is -2.36. The number of aryl methyl sites for hydroxylation is 2. The Balaban J connectivity index is 1.77. The fourth-order valence-electron chi connectivity index (χ4n) is 3.26. The van der Waals surface area contributed by atoms with Crippen molar-refractivity contribution in [2.75, 3.05) is 32.2 Å². The molecule has 0 atom stereocenters. The van der Waals surface area contributed by atoms with Crippen LogP contribution in [0.5, 0.6) is 11.5 Å². The summed E-state index contributed by atoms with van der Waals surface area (Å²) in [5.74, 6) is -0.949. The summed E-state index contributed by atoms with van der Waals surface area (Å²) < 4.78 is 16.2. The highest BCUT2D eigenvalue weighted by molar-refractivity contribution is 9.10. The summed E-state index contributed by atoms with van der Waals surface area (Å²) in [6.07, 6.45) is 1.53. The van der Waals surface area contributed by atoms with E-state index in [9.17, 15) is 19.2 Å². The fourth-order valence-corrected chi connectivity index (χ4v) is 4.67. The van der Waals surface area contributed by atoms with Gasteiger partial charge in [0.15, 0.2) is 18.1 Å². The van der Waals surface area contributed by atoms with Crippen molar-refractivity contribution in [3.8, 4) is 11.5 Å². The molecule has 0 bridgehead atoms. The van der Waals surface area contributed by atoms with Crippen molar-refractivity contribution in [3.05, 3.63) is 56.4 Å². The standard InChI is InChI=1S/C25H25BrN2O7S/c1-5-34-19-10-16(9-17(26)23(19)35-13-22(30)33-4)11-20-24(31)28(25(32)36-20)12-21(29)27-18-8-14(2)6-7-15(18)3/h6-11H,5,12-13H2,1-4H3,(H,27,29)/b20-11-. The number of hydrogen-bond donors (Lipinski definition) is 1. The van der Waals surface area contributed by atoms with Crippen LogP contribution < -0.4 is 14.8 Å². The third-order valence-corrected chi connectivity index (χ3v) is 6.53. The third kappa shape index (κ3) is 6.67. The molecule has 0 saturated carbocycles. The van der Waals surface area contributed by atoms with E-state index in [2.05, 4.69) is 26.0 Å². The molecule has 3 rings (SSSR count). The molecule has 0 radical (unpaired) electrons. The first-order valence-corrected chi connectivity index (χ1v) is 12.5. The summed E-state index contributed by atoms with van der Waals surface area (Å²) in [5.41, 5.74) is 3.04. The van der Waals surface area contributed by atoms with Crippen molar-refractivity contribution in [2.24, 2.45) is 0 Å². The van der Waals surface area contributed by atoms with Crippen LogP contribution in [0.25, 0.3) is 6.08 Å². The number of imide groups is 1. The van der Waals surface area contributed by atoms with Crippen molar-refractivity contribution in [3.63, 3.8) is 0 Å². The molecule has 36 heavy (non-hydrogen) atoms. The van der Waals surface area contributed by atoms with Gasteiger partial charge in [0.05, 0.1) is 23.1 Å². The molecule has 1 heterocycles. The Morgan fingerprint density at radius 3 is 2.58 bits per heavy atom. The van der Waals surface area contributed by atoms with Gasteiger partial charge in [0.1, 0.15) is 6.54 Å². The molecule has 1 aliphatic rings. The fraction of sp³-hybridized carbons (Fsp3) is 0.280.